The number of sulfone groups is 1. The van der Waals surface area contributed by atoms with Gasteiger partial charge in [-0.05, 0) is 35.4 Å². The molecule has 4 rings (SSSR count). The molecule has 1 aromatic heterocycles. The first-order chi connectivity index (χ1) is 12.5. The average molecular weight is 359 g/mol. The van der Waals surface area contributed by atoms with Gasteiger partial charge in [0.1, 0.15) is 0 Å². The highest BCUT2D eigenvalue weighted by atomic mass is 32.2. The molecule has 0 bridgehead atoms. The molecule has 0 fully saturated rings. The fourth-order valence-electron chi connectivity index (χ4n) is 3.05. The summed E-state index contributed by atoms with van der Waals surface area (Å²) in [6.07, 6.45) is 1.21. The molecule has 0 aliphatic carbocycles. The minimum Gasteiger partial charge on any atom is -0.248 e. The van der Waals surface area contributed by atoms with Gasteiger partial charge in [-0.2, -0.15) is 0 Å². The van der Waals surface area contributed by atoms with Crippen LogP contribution in [0.3, 0.4) is 0 Å². The Morgan fingerprint density at radius 3 is 2.08 bits per heavy atom. The van der Waals surface area contributed by atoms with E-state index >= 15 is 0 Å². The van der Waals surface area contributed by atoms with E-state index in [1.807, 2.05) is 48.5 Å². The second-order valence-corrected chi connectivity index (χ2v) is 8.25. The molecule has 0 amide bonds. The molecule has 4 heteroatoms. The summed E-state index contributed by atoms with van der Waals surface area (Å²) in [5.41, 5.74) is 4.86. The van der Waals surface area contributed by atoms with E-state index in [0.29, 0.717) is 4.90 Å². The Labute approximate surface area is 152 Å². The van der Waals surface area contributed by atoms with Gasteiger partial charge in [-0.1, -0.05) is 60.7 Å². The van der Waals surface area contributed by atoms with Crippen molar-refractivity contribution in [3.63, 3.8) is 0 Å². The van der Waals surface area contributed by atoms with Crippen molar-refractivity contribution in [3.8, 4) is 22.4 Å². The fraction of sp³-hybridized carbons (Fsp3) is 0.0455. The number of benzene rings is 3. The zero-order valence-electron chi connectivity index (χ0n) is 14.3. The van der Waals surface area contributed by atoms with E-state index in [1.165, 1.54) is 6.26 Å². The molecule has 0 radical (unpaired) electrons. The van der Waals surface area contributed by atoms with Crippen molar-refractivity contribution in [1.29, 1.82) is 0 Å². The number of para-hydroxylation sites is 1. The van der Waals surface area contributed by atoms with Gasteiger partial charge in [0.05, 0.1) is 16.1 Å². The van der Waals surface area contributed by atoms with Crippen LogP contribution in [-0.4, -0.2) is 19.7 Å². The van der Waals surface area contributed by atoms with Gasteiger partial charge in [-0.25, -0.2) is 13.4 Å². The van der Waals surface area contributed by atoms with Crippen molar-refractivity contribution in [1.82, 2.24) is 4.98 Å². The highest BCUT2D eigenvalue weighted by molar-refractivity contribution is 7.90. The number of nitrogens with zero attached hydrogens (tertiary/aromatic N) is 1. The predicted molar refractivity (Wildman–Crippen MR) is 106 cm³/mol. The summed E-state index contributed by atoms with van der Waals surface area (Å²) in [5, 5.41) is 1.09. The van der Waals surface area contributed by atoms with Crippen LogP contribution in [0.25, 0.3) is 33.3 Å². The second-order valence-electron chi connectivity index (χ2n) is 6.23. The third-order valence-corrected chi connectivity index (χ3v) is 5.51. The minimum absolute atomic E-state index is 0.310. The first-order valence-electron chi connectivity index (χ1n) is 8.28. The monoisotopic (exact) mass is 359 g/mol. The minimum atomic E-state index is -3.21. The fourth-order valence-corrected chi connectivity index (χ4v) is 3.68. The summed E-state index contributed by atoms with van der Waals surface area (Å²) in [5.74, 6) is 0. The van der Waals surface area contributed by atoms with Crippen LogP contribution in [0.2, 0.25) is 0 Å². The van der Waals surface area contributed by atoms with Gasteiger partial charge < -0.3 is 0 Å². The number of pyridine rings is 1. The Hall–Kier alpha value is -2.98. The molecule has 0 aliphatic rings. The van der Waals surface area contributed by atoms with Crippen LogP contribution < -0.4 is 0 Å². The van der Waals surface area contributed by atoms with Crippen LogP contribution in [0.5, 0.6) is 0 Å². The molecule has 1 heterocycles. The average Bonchev–Trinajstić information content (AvgIpc) is 2.67. The maximum absolute atomic E-state index is 11.7. The van der Waals surface area contributed by atoms with Gasteiger partial charge in [0.2, 0.25) is 0 Å². The van der Waals surface area contributed by atoms with E-state index < -0.39 is 9.84 Å². The lowest BCUT2D eigenvalue weighted by atomic mass is 9.98. The lowest BCUT2D eigenvalue weighted by molar-refractivity contribution is 0.602. The first kappa shape index (κ1) is 16.5. The van der Waals surface area contributed by atoms with Gasteiger partial charge >= 0.3 is 0 Å². The van der Waals surface area contributed by atoms with E-state index in [4.69, 9.17) is 4.98 Å². The van der Waals surface area contributed by atoms with Crippen molar-refractivity contribution in [3.05, 3.63) is 84.9 Å². The zero-order valence-corrected chi connectivity index (χ0v) is 15.1. The molecule has 0 atom stereocenters. The number of hydrogen-bond acceptors (Lipinski definition) is 3. The molecule has 0 unspecified atom stereocenters. The first-order valence-corrected chi connectivity index (χ1v) is 10.2. The van der Waals surface area contributed by atoms with Crippen molar-refractivity contribution in [2.45, 2.75) is 4.90 Å². The van der Waals surface area contributed by atoms with Gasteiger partial charge in [0.15, 0.2) is 9.84 Å². The van der Waals surface area contributed by atoms with E-state index in [2.05, 4.69) is 24.3 Å². The molecule has 4 aromatic rings. The molecule has 128 valence electrons. The van der Waals surface area contributed by atoms with Gasteiger partial charge in [0, 0.05) is 17.2 Å². The Balaban J connectivity index is 1.92. The third kappa shape index (κ3) is 3.11. The van der Waals surface area contributed by atoms with Crippen molar-refractivity contribution in [2.24, 2.45) is 0 Å². The van der Waals surface area contributed by atoms with Gasteiger partial charge in [0.25, 0.3) is 0 Å². The van der Waals surface area contributed by atoms with Crippen molar-refractivity contribution in [2.75, 3.05) is 6.26 Å². The van der Waals surface area contributed by atoms with Crippen LogP contribution in [0.4, 0.5) is 0 Å². The van der Waals surface area contributed by atoms with Crippen molar-refractivity contribution < 1.29 is 8.42 Å². The lowest BCUT2D eigenvalue weighted by Gasteiger charge is -2.10. The smallest absolute Gasteiger partial charge is 0.175 e. The number of aromatic nitrogens is 1. The number of fused-ring (bicyclic) bond motifs is 1. The normalized spacial score (nSPS) is 11.6. The summed E-state index contributed by atoms with van der Waals surface area (Å²) in [7, 11) is -3.21. The molecule has 26 heavy (non-hydrogen) atoms. The topological polar surface area (TPSA) is 47.0 Å². The summed E-state index contributed by atoms with van der Waals surface area (Å²) in [6.45, 7) is 0. The summed E-state index contributed by atoms with van der Waals surface area (Å²) >= 11 is 0. The number of rotatable bonds is 3. The maximum atomic E-state index is 11.7. The Bertz CT molecular complexity index is 1180. The quantitative estimate of drug-likeness (QED) is 0.519. The van der Waals surface area contributed by atoms with Crippen LogP contribution in [0.15, 0.2) is 89.8 Å². The molecular weight excluding hydrogens is 342 g/mol. The van der Waals surface area contributed by atoms with E-state index in [-0.39, 0.29) is 0 Å². The summed E-state index contributed by atoms with van der Waals surface area (Å²) in [4.78, 5) is 5.08. The van der Waals surface area contributed by atoms with Crippen LogP contribution in [0, 0.1) is 0 Å². The van der Waals surface area contributed by atoms with E-state index in [9.17, 15) is 8.42 Å². The molecule has 3 aromatic carbocycles. The second kappa shape index (κ2) is 6.39. The van der Waals surface area contributed by atoms with E-state index in [0.717, 1.165) is 33.3 Å². The zero-order chi connectivity index (χ0) is 18.1. The predicted octanol–water partition coefficient (Wildman–Crippen LogP) is 4.97. The summed E-state index contributed by atoms with van der Waals surface area (Å²) < 4.78 is 23.4. The Morgan fingerprint density at radius 1 is 0.731 bits per heavy atom. The van der Waals surface area contributed by atoms with Gasteiger partial charge in [-0.15, -0.1) is 0 Å². The Kier molecular flexibility index (Phi) is 4.05. The maximum Gasteiger partial charge on any atom is 0.175 e. The SMILES string of the molecule is CS(=O)(=O)c1ccc(-c2cc(-c3ccccc3)c3ccccc3n2)cc1. The molecule has 0 N–H and O–H groups in total. The van der Waals surface area contributed by atoms with Crippen LogP contribution >= 0.6 is 0 Å². The van der Waals surface area contributed by atoms with Gasteiger partial charge in [-0.3, -0.25) is 0 Å². The Morgan fingerprint density at radius 2 is 1.38 bits per heavy atom. The largest absolute Gasteiger partial charge is 0.248 e. The standard InChI is InChI=1S/C22H17NO2S/c1-26(24,25)18-13-11-17(12-14-18)22-15-20(16-7-3-2-4-8-16)19-9-5-6-10-21(19)23-22/h2-15H,1H3. The molecule has 0 saturated heterocycles. The molecule has 0 saturated carbocycles. The number of hydrogen-bond donors (Lipinski definition) is 0. The molecule has 0 spiro atoms. The molecule has 0 aliphatic heterocycles. The molecule has 3 nitrogen and oxygen atoms in total. The van der Waals surface area contributed by atoms with Crippen LogP contribution in [-0.2, 0) is 9.84 Å². The summed E-state index contributed by atoms with van der Waals surface area (Å²) in [6, 6.07) is 27.2. The highest BCUT2D eigenvalue weighted by Gasteiger charge is 2.11. The lowest BCUT2D eigenvalue weighted by Crippen LogP contribution is -1.96. The highest BCUT2D eigenvalue weighted by Crippen LogP contribution is 2.32. The van der Waals surface area contributed by atoms with Crippen molar-refractivity contribution >= 4 is 20.7 Å². The van der Waals surface area contributed by atoms with E-state index in [1.54, 1.807) is 12.1 Å². The van der Waals surface area contributed by atoms with Crippen LogP contribution in [0.1, 0.15) is 0 Å². The molecular formula is C22H17NO2S. The third-order valence-electron chi connectivity index (χ3n) is 4.38.